The highest BCUT2D eigenvalue weighted by Gasteiger charge is 2.34. The Kier molecular flexibility index (Phi) is 6.79. The lowest BCUT2D eigenvalue weighted by Gasteiger charge is -2.22. The predicted molar refractivity (Wildman–Crippen MR) is 116 cm³/mol. The van der Waals surface area contributed by atoms with Crippen LogP contribution < -0.4 is 9.47 Å². The lowest BCUT2D eigenvalue weighted by molar-refractivity contribution is 0.0972. The Balaban J connectivity index is 1.67. The summed E-state index contributed by atoms with van der Waals surface area (Å²) in [4.78, 5) is 26.5. The number of carbonyl (C=O) groups is 2. The van der Waals surface area contributed by atoms with E-state index in [1.807, 2.05) is 0 Å². The van der Waals surface area contributed by atoms with Gasteiger partial charge >= 0.3 is 0 Å². The summed E-state index contributed by atoms with van der Waals surface area (Å²) < 4.78 is 17.4. The normalized spacial score (nSPS) is 18.2. The number of rotatable bonds is 0. The van der Waals surface area contributed by atoms with E-state index in [-0.39, 0.29) is 11.6 Å². The molecule has 1 aliphatic carbocycles. The summed E-state index contributed by atoms with van der Waals surface area (Å²) in [6, 6.07) is 10.4. The van der Waals surface area contributed by atoms with Crippen LogP contribution in [0.1, 0.15) is 31.8 Å². The van der Waals surface area contributed by atoms with Gasteiger partial charge in [-0.05, 0) is 12.1 Å². The van der Waals surface area contributed by atoms with Crippen LogP contribution in [-0.4, -0.2) is 61.0 Å². The van der Waals surface area contributed by atoms with Crippen molar-refractivity contribution in [2.45, 2.75) is 0 Å². The highest BCUT2D eigenvalue weighted by Crippen LogP contribution is 2.37. The van der Waals surface area contributed by atoms with E-state index in [1.165, 1.54) is 0 Å². The van der Waals surface area contributed by atoms with Gasteiger partial charge in [-0.3, -0.25) is 9.59 Å². The minimum atomic E-state index is -0.212. The lowest BCUT2D eigenvalue weighted by Crippen LogP contribution is -2.23. The minimum absolute atomic E-state index is 0.166. The van der Waals surface area contributed by atoms with Crippen molar-refractivity contribution >= 4 is 35.1 Å². The van der Waals surface area contributed by atoms with Gasteiger partial charge in [0.2, 0.25) is 5.78 Å². The molecule has 152 valence electrons. The second-order valence-electron chi connectivity index (χ2n) is 6.55. The number of hydrogen-bond acceptors (Lipinski definition) is 7. The maximum atomic E-state index is 13.4. The Morgan fingerprint density at radius 2 is 1.10 bits per heavy atom. The van der Waals surface area contributed by atoms with Crippen molar-refractivity contribution in [3.8, 4) is 11.5 Å². The van der Waals surface area contributed by atoms with Gasteiger partial charge < -0.3 is 14.2 Å². The first-order valence-corrected chi connectivity index (χ1v) is 11.9. The fourth-order valence-electron chi connectivity index (χ4n) is 3.38. The fourth-order valence-corrected chi connectivity index (χ4v) is 4.66. The van der Waals surface area contributed by atoms with Crippen LogP contribution in [0.2, 0.25) is 0 Å². The molecule has 0 fully saturated rings. The summed E-state index contributed by atoms with van der Waals surface area (Å²) in [7, 11) is 0. The highest BCUT2D eigenvalue weighted by atomic mass is 32.2. The first-order valence-electron chi connectivity index (χ1n) is 9.61. The van der Waals surface area contributed by atoms with Crippen LogP contribution >= 0.6 is 23.5 Å². The van der Waals surface area contributed by atoms with E-state index < -0.39 is 0 Å². The van der Waals surface area contributed by atoms with Gasteiger partial charge in [-0.2, -0.15) is 23.5 Å². The average Bonchev–Trinajstić information content (AvgIpc) is 2.74. The number of hydrogen-bond donors (Lipinski definition) is 0. The molecule has 4 rings (SSSR count). The van der Waals surface area contributed by atoms with Gasteiger partial charge in [0.05, 0.1) is 37.6 Å². The molecule has 0 N–H and O–H groups in total. The number of benzene rings is 2. The van der Waals surface area contributed by atoms with Crippen molar-refractivity contribution in [2.24, 2.45) is 0 Å². The monoisotopic (exact) mass is 430 g/mol. The number of thioether (sulfide) groups is 2. The summed E-state index contributed by atoms with van der Waals surface area (Å²) in [5.74, 6) is 3.90. The Morgan fingerprint density at radius 1 is 0.621 bits per heavy atom. The molecule has 7 heteroatoms. The van der Waals surface area contributed by atoms with Crippen molar-refractivity contribution in [3.63, 3.8) is 0 Å². The summed E-state index contributed by atoms with van der Waals surface area (Å²) in [5.41, 5.74) is 1.46. The van der Waals surface area contributed by atoms with Gasteiger partial charge in [0, 0.05) is 34.1 Å². The smallest absolute Gasteiger partial charge is 0.201 e. The first-order chi connectivity index (χ1) is 14.3. The minimum Gasteiger partial charge on any atom is -0.492 e. The molecule has 0 saturated heterocycles. The second kappa shape index (κ2) is 9.69. The molecular formula is C22H22O5S2. The lowest BCUT2D eigenvalue weighted by atomic mass is 9.83. The molecule has 1 aliphatic heterocycles. The maximum Gasteiger partial charge on any atom is 0.201 e. The molecular weight excluding hydrogens is 408 g/mol. The quantitative estimate of drug-likeness (QED) is 0.539. The fraction of sp³-hybridized carbons (Fsp3) is 0.364. The van der Waals surface area contributed by atoms with E-state index in [9.17, 15) is 9.59 Å². The van der Waals surface area contributed by atoms with Crippen molar-refractivity contribution < 1.29 is 23.8 Å². The molecule has 1 heterocycles. The molecule has 0 aromatic heterocycles. The molecule has 0 atom stereocenters. The Bertz CT molecular complexity index is 843. The van der Waals surface area contributed by atoms with Crippen LogP contribution in [0.5, 0.6) is 11.5 Å². The van der Waals surface area contributed by atoms with E-state index >= 15 is 0 Å². The molecule has 2 bridgehead atoms. The third kappa shape index (κ3) is 4.47. The van der Waals surface area contributed by atoms with Gasteiger partial charge in [0.15, 0.2) is 5.78 Å². The van der Waals surface area contributed by atoms with Crippen LogP contribution in [0.4, 0.5) is 0 Å². The van der Waals surface area contributed by atoms with Crippen molar-refractivity contribution in [2.75, 3.05) is 49.4 Å². The summed E-state index contributed by atoms with van der Waals surface area (Å²) in [6.07, 6.45) is 0. The SMILES string of the molecule is O=C1c2cccc3c2C(=O)c2c(cccc21)OCCSCCOCCSCCO3. The molecule has 2 aliphatic rings. The Morgan fingerprint density at radius 3 is 1.62 bits per heavy atom. The average molecular weight is 431 g/mol. The summed E-state index contributed by atoms with van der Waals surface area (Å²) >= 11 is 3.50. The van der Waals surface area contributed by atoms with E-state index in [1.54, 1.807) is 59.9 Å². The molecule has 29 heavy (non-hydrogen) atoms. The molecule has 0 unspecified atom stereocenters. The Labute approximate surface area is 178 Å². The largest absolute Gasteiger partial charge is 0.492 e. The molecule has 0 saturated carbocycles. The van der Waals surface area contributed by atoms with E-state index in [0.717, 1.165) is 23.0 Å². The van der Waals surface area contributed by atoms with Gasteiger partial charge in [-0.15, -0.1) is 0 Å². The van der Waals surface area contributed by atoms with Gasteiger partial charge in [-0.1, -0.05) is 24.3 Å². The zero-order valence-electron chi connectivity index (χ0n) is 16.0. The van der Waals surface area contributed by atoms with Crippen molar-refractivity contribution in [1.82, 2.24) is 0 Å². The standard InChI is InChI=1S/C22H22O5S2/c23-21-15-3-1-5-17-19(15)22(24)20-16(21)4-2-6-18(20)27-10-14-29-12-8-25-7-11-28-13-9-26-17/h1-6H,7-14H2. The molecule has 0 amide bonds. The molecule has 2 aromatic rings. The molecule has 0 radical (unpaired) electrons. The van der Waals surface area contributed by atoms with E-state index in [2.05, 4.69) is 0 Å². The van der Waals surface area contributed by atoms with Crippen molar-refractivity contribution in [3.05, 3.63) is 58.7 Å². The molecule has 0 spiro atoms. The van der Waals surface area contributed by atoms with Crippen LogP contribution in [0, 0.1) is 0 Å². The van der Waals surface area contributed by atoms with Crippen LogP contribution in [-0.2, 0) is 4.74 Å². The topological polar surface area (TPSA) is 61.8 Å². The number of ketones is 2. The van der Waals surface area contributed by atoms with Gasteiger partial charge in [0.1, 0.15) is 11.5 Å². The molecule has 5 nitrogen and oxygen atoms in total. The van der Waals surface area contributed by atoms with E-state index in [0.29, 0.717) is 60.2 Å². The van der Waals surface area contributed by atoms with E-state index in [4.69, 9.17) is 14.2 Å². The number of ether oxygens (including phenoxy) is 3. The number of carbonyl (C=O) groups excluding carboxylic acids is 2. The highest BCUT2D eigenvalue weighted by molar-refractivity contribution is 7.99. The zero-order chi connectivity index (χ0) is 20.1. The summed E-state index contributed by atoms with van der Waals surface area (Å²) in [5, 5.41) is 0. The van der Waals surface area contributed by atoms with Crippen LogP contribution in [0.25, 0.3) is 0 Å². The van der Waals surface area contributed by atoms with Crippen LogP contribution in [0.3, 0.4) is 0 Å². The van der Waals surface area contributed by atoms with Crippen LogP contribution in [0.15, 0.2) is 36.4 Å². The maximum absolute atomic E-state index is 13.4. The second-order valence-corrected chi connectivity index (χ2v) is 9.00. The van der Waals surface area contributed by atoms with Gasteiger partial charge in [0.25, 0.3) is 0 Å². The zero-order valence-corrected chi connectivity index (χ0v) is 17.6. The Hall–Kier alpha value is -1.96. The third-order valence-electron chi connectivity index (χ3n) is 4.71. The first kappa shape index (κ1) is 20.3. The predicted octanol–water partition coefficient (Wildman–Crippen LogP) is 3.72. The van der Waals surface area contributed by atoms with Gasteiger partial charge in [-0.25, -0.2) is 0 Å². The van der Waals surface area contributed by atoms with Crippen molar-refractivity contribution in [1.29, 1.82) is 0 Å². The summed E-state index contributed by atoms with van der Waals surface area (Å²) in [6.45, 7) is 2.35. The third-order valence-corrected chi connectivity index (χ3v) is 6.53. The molecule has 2 aromatic carbocycles.